The Morgan fingerprint density at radius 3 is 2.59 bits per heavy atom. The maximum atomic E-state index is 13.5. The number of aryl methyl sites for hydroxylation is 1. The predicted octanol–water partition coefficient (Wildman–Crippen LogP) is 5.40. The molecule has 1 saturated heterocycles. The summed E-state index contributed by atoms with van der Waals surface area (Å²) in [5.41, 5.74) is 4.74. The van der Waals surface area contributed by atoms with Crippen LogP contribution in [0.1, 0.15) is 45.8 Å². The Bertz CT molecular complexity index is 1460. The van der Waals surface area contributed by atoms with Crippen molar-refractivity contribution in [1.29, 1.82) is 0 Å². The van der Waals surface area contributed by atoms with E-state index < -0.39 is 0 Å². The van der Waals surface area contributed by atoms with E-state index in [1.54, 1.807) is 36.2 Å². The lowest BCUT2D eigenvalue weighted by atomic mass is 10.1. The van der Waals surface area contributed by atoms with Gasteiger partial charge in [-0.3, -0.25) is 9.59 Å². The first-order chi connectivity index (χ1) is 18.0. The molecule has 0 saturated carbocycles. The van der Waals surface area contributed by atoms with Gasteiger partial charge in [0.25, 0.3) is 11.8 Å². The maximum absolute atomic E-state index is 13.5. The van der Waals surface area contributed by atoms with Crippen molar-refractivity contribution < 1.29 is 14.3 Å². The van der Waals surface area contributed by atoms with E-state index in [1.807, 2.05) is 37.3 Å². The monoisotopic (exact) mass is 497 g/mol. The Kier molecular flexibility index (Phi) is 6.81. The van der Waals surface area contributed by atoms with E-state index in [-0.39, 0.29) is 11.8 Å². The summed E-state index contributed by atoms with van der Waals surface area (Å²) in [6.07, 6.45) is 3.56. The van der Waals surface area contributed by atoms with Gasteiger partial charge >= 0.3 is 0 Å². The van der Waals surface area contributed by atoms with Crippen LogP contribution in [-0.4, -0.2) is 49.0 Å². The number of hydrogen-bond acceptors (Lipinski definition) is 5. The van der Waals surface area contributed by atoms with Gasteiger partial charge in [0.2, 0.25) is 0 Å². The highest BCUT2D eigenvalue weighted by atomic mass is 16.5. The van der Waals surface area contributed by atoms with Crippen molar-refractivity contribution in [2.24, 2.45) is 0 Å². The molecule has 1 aliphatic heterocycles. The van der Waals surface area contributed by atoms with Crippen LogP contribution in [-0.2, 0) is 0 Å². The van der Waals surface area contributed by atoms with Crippen LogP contribution in [0.3, 0.4) is 0 Å². The largest absolute Gasteiger partial charge is 0.495 e. The number of piperidine rings is 1. The number of H-pyrrole nitrogens is 1. The molecule has 0 bridgehead atoms. The van der Waals surface area contributed by atoms with Gasteiger partial charge in [0, 0.05) is 25.7 Å². The lowest BCUT2D eigenvalue weighted by Crippen LogP contribution is -2.33. The van der Waals surface area contributed by atoms with Crippen LogP contribution < -0.4 is 19.9 Å². The normalized spacial score (nSPS) is 13.4. The average Bonchev–Trinajstić information content (AvgIpc) is 3.33. The van der Waals surface area contributed by atoms with Crippen molar-refractivity contribution in [2.45, 2.75) is 26.2 Å². The minimum atomic E-state index is -0.304. The molecule has 8 nitrogen and oxygen atoms in total. The molecule has 3 aromatic carbocycles. The van der Waals surface area contributed by atoms with Crippen LogP contribution in [0.2, 0.25) is 0 Å². The summed E-state index contributed by atoms with van der Waals surface area (Å²) in [5.74, 6) is 0.684. The SMILES string of the molecule is COc1cc(C(=O)N(C)c2ccccc2N2CCCCC2)ccc1NC(=O)c1cccc2[nH]c(C)nc12. The molecule has 37 heavy (non-hydrogen) atoms. The van der Waals surface area contributed by atoms with Crippen LogP contribution in [0, 0.1) is 6.92 Å². The smallest absolute Gasteiger partial charge is 0.258 e. The molecule has 4 aromatic rings. The fraction of sp³-hybridized carbons (Fsp3) is 0.276. The number of rotatable bonds is 6. The van der Waals surface area contributed by atoms with Crippen molar-refractivity contribution >= 4 is 39.9 Å². The Morgan fingerprint density at radius 2 is 1.81 bits per heavy atom. The van der Waals surface area contributed by atoms with Gasteiger partial charge in [-0.2, -0.15) is 0 Å². The molecule has 2 heterocycles. The molecular weight excluding hydrogens is 466 g/mol. The second kappa shape index (κ2) is 10.3. The van der Waals surface area contributed by atoms with Crippen molar-refractivity contribution in [3.8, 4) is 5.75 Å². The van der Waals surface area contributed by atoms with Gasteiger partial charge in [-0.25, -0.2) is 4.98 Å². The first kappa shape index (κ1) is 24.4. The summed E-state index contributed by atoms with van der Waals surface area (Å²) in [5, 5.41) is 2.91. The fourth-order valence-electron chi connectivity index (χ4n) is 4.91. The third-order valence-corrected chi connectivity index (χ3v) is 6.82. The maximum Gasteiger partial charge on any atom is 0.258 e. The number of nitrogens with one attached hydrogen (secondary N) is 2. The number of carbonyl (C=O) groups excluding carboxylic acids is 2. The summed E-state index contributed by atoms with van der Waals surface area (Å²) < 4.78 is 5.55. The molecule has 2 N–H and O–H groups in total. The molecule has 190 valence electrons. The van der Waals surface area contributed by atoms with Crippen molar-refractivity contribution in [3.05, 3.63) is 77.6 Å². The molecular formula is C29H31N5O3. The minimum Gasteiger partial charge on any atom is -0.495 e. The van der Waals surface area contributed by atoms with Crippen LogP contribution in [0.4, 0.5) is 17.1 Å². The molecule has 1 aromatic heterocycles. The number of benzene rings is 3. The molecule has 5 rings (SSSR count). The number of aromatic nitrogens is 2. The van der Waals surface area contributed by atoms with Gasteiger partial charge in [-0.15, -0.1) is 0 Å². The second-order valence-electron chi connectivity index (χ2n) is 9.29. The summed E-state index contributed by atoms with van der Waals surface area (Å²) >= 11 is 0. The predicted molar refractivity (Wildman–Crippen MR) is 147 cm³/mol. The number of para-hydroxylation sites is 3. The quantitative estimate of drug-likeness (QED) is 0.372. The number of hydrogen-bond donors (Lipinski definition) is 2. The molecule has 0 aliphatic carbocycles. The number of carbonyl (C=O) groups is 2. The Labute approximate surface area is 216 Å². The molecule has 0 spiro atoms. The van der Waals surface area contributed by atoms with Gasteiger partial charge < -0.3 is 24.8 Å². The molecule has 2 amide bonds. The Hall–Kier alpha value is -4.33. The summed E-state index contributed by atoms with van der Waals surface area (Å²) in [4.78, 5) is 38.2. The Balaban J connectivity index is 1.38. The van der Waals surface area contributed by atoms with Gasteiger partial charge in [0.05, 0.1) is 35.3 Å². The third kappa shape index (κ3) is 4.87. The molecule has 0 atom stereocenters. The van der Waals surface area contributed by atoms with E-state index >= 15 is 0 Å². The van der Waals surface area contributed by atoms with Gasteiger partial charge in [-0.1, -0.05) is 18.2 Å². The molecule has 0 radical (unpaired) electrons. The van der Waals surface area contributed by atoms with Crippen LogP contribution in [0.5, 0.6) is 5.75 Å². The fourth-order valence-corrected chi connectivity index (χ4v) is 4.91. The van der Waals surface area contributed by atoms with E-state index in [0.29, 0.717) is 28.1 Å². The van der Waals surface area contributed by atoms with Crippen molar-refractivity contribution in [3.63, 3.8) is 0 Å². The first-order valence-corrected chi connectivity index (χ1v) is 12.5. The lowest BCUT2D eigenvalue weighted by Gasteiger charge is -2.32. The molecule has 1 aliphatic rings. The number of fused-ring (bicyclic) bond motifs is 1. The summed E-state index contributed by atoms with van der Waals surface area (Å²) in [7, 11) is 3.31. The van der Waals surface area contributed by atoms with E-state index in [4.69, 9.17) is 4.74 Å². The van der Waals surface area contributed by atoms with Crippen LogP contribution in [0.25, 0.3) is 11.0 Å². The number of imidazole rings is 1. The zero-order valence-corrected chi connectivity index (χ0v) is 21.4. The van der Waals surface area contributed by atoms with E-state index in [1.165, 1.54) is 13.5 Å². The van der Waals surface area contributed by atoms with Gasteiger partial charge in [0.15, 0.2) is 0 Å². The summed E-state index contributed by atoms with van der Waals surface area (Å²) in [6, 6.07) is 18.5. The molecule has 8 heteroatoms. The summed E-state index contributed by atoms with van der Waals surface area (Å²) in [6.45, 7) is 3.84. The highest BCUT2D eigenvalue weighted by Gasteiger charge is 2.22. The van der Waals surface area contributed by atoms with Crippen molar-refractivity contribution in [2.75, 3.05) is 42.4 Å². The topological polar surface area (TPSA) is 90.6 Å². The number of ether oxygens (including phenoxy) is 1. The average molecular weight is 498 g/mol. The highest BCUT2D eigenvalue weighted by molar-refractivity contribution is 6.12. The zero-order valence-electron chi connectivity index (χ0n) is 21.4. The number of amides is 2. The van der Waals surface area contributed by atoms with Crippen molar-refractivity contribution in [1.82, 2.24) is 9.97 Å². The molecule has 1 fully saturated rings. The van der Waals surface area contributed by atoms with E-state index in [9.17, 15) is 9.59 Å². The number of anilines is 3. The standard InChI is InChI=1S/C29H31N5O3/c1-19-30-23-11-9-10-21(27(23)31-19)28(35)32-22-15-14-20(18-26(22)37-3)29(36)33(2)24-12-5-6-13-25(24)34-16-7-4-8-17-34/h5-6,9-15,18H,4,7-8,16-17H2,1-3H3,(H,30,31)(H,32,35). The third-order valence-electron chi connectivity index (χ3n) is 6.82. The number of methoxy groups -OCH3 is 1. The number of aromatic amines is 1. The van der Waals surface area contributed by atoms with Crippen LogP contribution >= 0.6 is 0 Å². The van der Waals surface area contributed by atoms with Gasteiger partial charge in [0.1, 0.15) is 17.1 Å². The highest BCUT2D eigenvalue weighted by Crippen LogP contribution is 2.33. The number of nitrogens with zero attached hydrogens (tertiary/aromatic N) is 3. The van der Waals surface area contributed by atoms with E-state index in [2.05, 4.69) is 26.3 Å². The van der Waals surface area contributed by atoms with E-state index in [0.717, 1.165) is 48.6 Å². The second-order valence-corrected chi connectivity index (χ2v) is 9.29. The molecule has 0 unspecified atom stereocenters. The minimum absolute atomic E-state index is 0.155. The van der Waals surface area contributed by atoms with Gasteiger partial charge in [-0.05, 0) is 68.7 Å². The Morgan fingerprint density at radius 1 is 1.03 bits per heavy atom. The lowest BCUT2D eigenvalue weighted by molar-refractivity contribution is 0.0991. The zero-order chi connectivity index (χ0) is 25.9. The first-order valence-electron chi connectivity index (χ1n) is 12.5. The van der Waals surface area contributed by atoms with Crippen LogP contribution in [0.15, 0.2) is 60.7 Å².